The topological polar surface area (TPSA) is 29.3 Å². The molecule has 0 saturated heterocycles. The van der Waals surface area contributed by atoms with Crippen LogP contribution in [0.1, 0.15) is 64.4 Å². The molecule has 114 valence electrons. The number of hydrogen-bond acceptors (Lipinski definition) is 2. The van der Waals surface area contributed by atoms with E-state index >= 15 is 0 Å². The molecule has 0 aliphatic heterocycles. The van der Waals surface area contributed by atoms with E-state index in [1.807, 2.05) is 12.1 Å². The standard InChI is InChI=1S/C18H32N2/c1-3-5-6-7-8-9-12-15-20(4-2)16-17-13-10-11-14-18(17)19/h10-11,13-14H,3-9,12,15-16,19H2,1-2H3. The summed E-state index contributed by atoms with van der Waals surface area (Å²) in [5.74, 6) is 0. The lowest BCUT2D eigenvalue weighted by Crippen LogP contribution is -2.24. The summed E-state index contributed by atoms with van der Waals surface area (Å²) in [6.45, 7) is 7.79. The van der Waals surface area contributed by atoms with Crippen LogP contribution in [0.15, 0.2) is 24.3 Å². The first-order valence-corrected chi connectivity index (χ1v) is 8.33. The van der Waals surface area contributed by atoms with Crippen LogP contribution in [0.3, 0.4) is 0 Å². The van der Waals surface area contributed by atoms with Crippen molar-refractivity contribution in [3.63, 3.8) is 0 Å². The van der Waals surface area contributed by atoms with Crippen molar-refractivity contribution < 1.29 is 0 Å². The van der Waals surface area contributed by atoms with Crippen molar-refractivity contribution in [3.05, 3.63) is 29.8 Å². The molecule has 1 rings (SSSR count). The number of hydrogen-bond donors (Lipinski definition) is 1. The van der Waals surface area contributed by atoms with Gasteiger partial charge in [0.2, 0.25) is 0 Å². The van der Waals surface area contributed by atoms with Crippen LogP contribution in [0.25, 0.3) is 0 Å². The lowest BCUT2D eigenvalue weighted by molar-refractivity contribution is 0.273. The van der Waals surface area contributed by atoms with Gasteiger partial charge in [-0.1, -0.05) is 70.6 Å². The van der Waals surface area contributed by atoms with Gasteiger partial charge < -0.3 is 5.73 Å². The van der Waals surface area contributed by atoms with Crippen LogP contribution in [-0.4, -0.2) is 18.0 Å². The van der Waals surface area contributed by atoms with Gasteiger partial charge in [0.15, 0.2) is 0 Å². The van der Waals surface area contributed by atoms with E-state index in [2.05, 4.69) is 30.9 Å². The maximum Gasteiger partial charge on any atom is 0.0359 e. The summed E-state index contributed by atoms with van der Waals surface area (Å²) in [5.41, 5.74) is 8.20. The highest BCUT2D eigenvalue weighted by Gasteiger charge is 2.05. The predicted octanol–water partition coefficient (Wildman–Crippen LogP) is 4.84. The smallest absolute Gasteiger partial charge is 0.0359 e. The van der Waals surface area contributed by atoms with Crippen molar-refractivity contribution in [1.82, 2.24) is 4.90 Å². The zero-order valence-corrected chi connectivity index (χ0v) is 13.4. The summed E-state index contributed by atoms with van der Waals surface area (Å²) in [5, 5.41) is 0. The average Bonchev–Trinajstić information content (AvgIpc) is 2.47. The molecule has 1 aromatic carbocycles. The fourth-order valence-corrected chi connectivity index (χ4v) is 2.56. The van der Waals surface area contributed by atoms with Gasteiger partial charge in [-0.3, -0.25) is 4.90 Å². The van der Waals surface area contributed by atoms with Gasteiger partial charge in [0.1, 0.15) is 0 Å². The van der Waals surface area contributed by atoms with Crippen LogP contribution in [0.2, 0.25) is 0 Å². The van der Waals surface area contributed by atoms with Crippen LogP contribution in [0.5, 0.6) is 0 Å². The Morgan fingerprint density at radius 3 is 2.20 bits per heavy atom. The van der Waals surface area contributed by atoms with Gasteiger partial charge in [0.05, 0.1) is 0 Å². The first kappa shape index (κ1) is 17.0. The van der Waals surface area contributed by atoms with Crippen LogP contribution in [-0.2, 0) is 6.54 Å². The zero-order chi connectivity index (χ0) is 14.6. The number of nitrogen functional groups attached to an aromatic ring is 1. The number of rotatable bonds is 11. The lowest BCUT2D eigenvalue weighted by Gasteiger charge is -2.21. The molecule has 0 amide bonds. The Morgan fingerprint density at radius 2 is 1.55 bits per heavy atom. The molecule has 0 atom stereocenters. The van der Waals surface area contributed by atoms with Gasteiger partial charge in [0.25, 0.3) is 0 Å². The lowest BCUT2D eigenvalue weighted by atomic mass is 10.1. The van der Waals surface area contributed by atoms with Gasteiger partial charge in [-0.15, -0.1) is 0 Å². The van der Waals surface area contributed by atoms with E-state index in [0.717, 1.165) is 18.8 Å². The molecule has 0 unspecified atom stereocenters. The Kier molecular flexibility index (Phi) is 9.14. The Balaban J connectivity index is 2.18. The fraction of sp³-hybridized carbons (Fsp3) is 0.667. The number of anilines is 1. The highest BCUT2D eigenvalue weighted by atomic mass is 15.1. The third-order valence-corrected chi connectivity index (χ3v) is 3.97. The van der Waals surface area contributed by atoms with Crippen molar-refractivity contribution in [3.8, 4) is 0 Å². The van der Waals surface area contributed by atoms with E-state index in [4.69, 9.17) is 5.73 Å². The molecule has 2 heteroatoms. The second-order valence-corrected chi connectivity index (χ2v) is 5.69. The first-order valence-electron chi connectivity index (χ1n) is 8.33. The first-order chi connectivity index (χ1) is 9.77. The normalized spacial score (nSPS) is 11.2. The molecule has 0 fully saturated rings. The van der Waals surface area contributed by atoms with Gasteiger partial charge in [-0.05, 0) is 31.1 Å². The molecule has 0 spiro atoms. The van der Waals surface area contributed by atoms with Gasteiger partial charge >= 0.3 is 0 Å². The number of nitrogens with two attached hydrogens (primary N) is 1. The van der Waals surface area contributed by atoms with E-state index < -0.39 is 0 Å². The minimum atomic E-state index is 0.922. The van der Waals surface area contributed by atoms with Crippen LogP contribution < -0.4 is 5.73 Å². The highest BCUT2D eigenvalue weighted by molar-refractivity contribution is 5.46. The zero-order valence-electron chi connectivity index (χ0n) is 13.4. The van der Waals surface area contributed by atoms with Crippen molar-refractivity contribution >= 4 is 5.69 Å². The molecule has 0 aliphatic carbocycles. The highest BCUT2D eigenvalue weighted by Crippen LogP contribution is 2.14. The minimum Gasteiger partial charge on any atom is -0.398 e. The summed E-state index contributed by atoms with van der Waals surface area (Å²) in [6, 6.07) is 8.22. The van der Waals surface area contributed by atoms with Crippen molar-refractivity contribution in [1.29, 1.82) is 0 Å². The predicted molar refractivity (Wildman–Crippen MR) is 89.8 cm³/mol. The van der Waals surface area contributed by atoms with E-state index in [1.165, 1.54) is 57.1 Å². The molecule has 2 nitrogen and oxygen atoms in total. The Bertz CT molecular complexity index is 349. The average molecular weight is 276 g/mol. The second kappa shape index (κ2) is 10.7. The third-order valence-electron chi connectivity index (χ3n) is 3.97. The molecule has 0 aromatic heterocycles. The molecule has 0 heterocycles. The Morgan fingerprint density at radius 1 is 0.900 bits per heavy atom. The monoisotopic (exact) mass is 276 g/mol. The fourth-order valence-electron chi connectivity index (χ4n) is 2.56. The molecule has 0 aliphatic rings. The summed E-state index contributed by atoms with van der Waals surface area (Å²) < 4.78 is 0. The molecular formula is C18H32N2. The molecule has 2 N–H and O–H groups in total. The quantitative estimate of drug-likeness (QED) is 0.463. The number of para-hydroxylation sites is 1. The largest absolute Gasteiger partial charge is 0.398 e. The Hall–Kier alpha value is -1.02. The van der Waals surface area contributed by atoms with E-state index in [1.54, 1.807) is 0 Å². The van der Waals surface area contributed by atoms with Crippen LogP contribution in [0.4, 0.5) is 5.69 Å². The van der Waals surface area contributed by atoms with Gasteiger partial charge in [-0.2, -0.15) is 0 Å². The molecule has 0 saturated carbocycles. The van der Waals surface area contributed by atoms with Gasteiger partial charge in [-0.25, -0.2) is 0 Å². The van der Waals surface area contributed by atoms with Crippen LogP contribution >= 0.6 is 0 Å². The summed E-state index contributed by atoms with van der Waals surface area (Å²) >= 11 is 0. The number of benzene rings is 1. The van der Waals surface area contributed by atoms with Crippen LogP contribution in [0, 0.1) is 0 Å². The number of unbranched alkanes of at least 4 members (excludes halogenated alkanes) is 6. The summed E-state index contributed by atoms with van der Waals surface area (Å²) in [7, 11) is 0. The molecule has 0 bridgehead atoms. The Labute approximate surface area is 125 Å². The van der Waals surface area contributed by atoms with Gasteiger partial charge in [0, 0.05) is 12.2 Å². The summed E-state index contributed by atoms with van der Waals surface area (Å²) in [6.07, 6.45) is 9.62. The number of nitrogens with zero attached hydrogens (tertiary/aromatic N) is 1. The molecule has 20 heavy (non-hydrogen) atoms. The molecule has 0 radical (unpaired) electrons. The van der Waals surface area contributed by atoms with E-state index in [9.17, 15) is 0 Å². The van der Waals surface area contributed by atoms with Crippen molar-refractivity contribution in [2.45, 2.75) is 65.3 Å². The third kappa shape index (κ3) is 6.95. The summed E-state index contributed by atoms with van der Waals surface area (Å²) in [4.78, 5) is 2.50. The minimum absolute atomic E-state index is 0.922. The van der Waals surface area contributed by atoms with Crippen molar-refractivity contribution in [2.75, 3.05) is 18.8 Å². The SMILES string of the molecule is CCCCCCCCCN(CC)Cc1ccccc1N. The molecule has 1 aromatic rings. The van der Waals surface area contributed by atoms with E-state index in [-0.39, 0.29) is 0 Å². The van der Waals surface area contributed by atoms with Crippen molar-refractivity contribution in [2.24, 2.45) is 0 Å². The molecular weight excluding hydrogens is 244 g/mol. The second-order valence-electron chi connectivity index (χ2n) is 5.69. The van der Waals surface area contributed by atoms with E-state index in [0.29, 0.717) is 0 Å². The maximum atomic E-state index is 6.02. The maximum absolute atomic E-state index is 6.02.